The molecule has 0 aliphatic heterocycles. The molecule has 32 heavy (non-hydrogen) atoms. The Kier molecular flexibility index (Phi) is 6.16. The van der Waals surface area contributed by atoms with Crippen molar-refractivity contribution in [1.82, 2.24) is 14.7 Å². The van der Waals surface area contributed by atoms with E-state index >= 15 is 0 Å². The van der Waals surface area contributed by atoms with Crippen LogP contribution in [0.2, 0.25) is 5.02 Å². The van der Waals surface area contributed by atoms with Crippen molar-refractivity contribution in [3.05, 3.63) is 94.9 Å². The largest absolute Gasteiger partial charge is 0.496 e. The molecule has 0 unspecified atom stereocenters. The second-order valence-electron chi connectivity index (χ2n) is 7.15. The van der Waals surface area contributed by atoms with E-state index in [9.17, 15) is 13.2 Å². The third-order valence-corrected chi connectivity index (χ3v) is 6.88. The molecule has 0 radical (unpaired) electrons. The smallest absolute Gasteiger partial charge is 0.251 e. The first kappa shape index (κ1) is 21.9. The summed E-state index contributed by atoms with van der Waals surface area (Å²) in [5.74, 6) is -0.113. The minimum Gasteiger partial charge on any atom is -0.496 e. The molecule has 7 nitrogen and oxygen atoms in total. The summed E-state index contributed by atoms with van der Waals surface area (Å²) in [6.45, 7) is 0.335. The lowest BCUT2D eigenvalue weighted by atomic mass is 10.2. The SMILES string of the molecule is COc1ccc(Cl)cc1CS(=O)(=O)c1ccc(C(=O)NCc2ccc3nccn3c2)cc1. The first-order valence-electron chi connectivity index (χ1n) is 9.71. The summed E-state index contributed by atoms with van der Waals surface area (Å²) in [5.41, 5.74) is 2.58. The molecular weight excluding hydrogens is 450 g/mol. The summed E-state index contributed by atoms with van der Waals surface area (Å²) >= 11 is 6.00. The van der Waals surface area contributed by atoms with E-state index in [1.165, 1.54) is 31.4 Å². The van der Waals surface area contributed by atoms with Crippen LogP contribution in [0.3, 0.4) is 0 Å². The van der Waals surface area contributed by atoms with Gasteiger partial charge in [-0.25, -0.2) is 13.4 Å². The highest BCUT2D eigenvalue weighted by Gasteiger charge is 2.19. The number of fused-ring (bicyclic) bond motifs is 1. The van der Waals surface area contributed by atoms with Gasteiger partial charge in [0.15, 0.2) is 9.84 Å². The van der Waals surface area contributed by atoms with E-state index in [4.69, 9.17) is 16.3 Å². The molecule has 9 heteroatoms. The molecule has 164 valence electrons. The number of carbonyl (C=O) groups is 1. The Hall–Kier alpha value is -3.36. The highest BCUT2D eigenvalue weighted by molar-refractivity contribution is 7.90. The minimum atomic E-state index is -3.65. The van der Waals surface area contributed by atoms with E-state index in [-0.39, 0.29) is 16.6 Å². The van der Waals surface area contributed by atoms with Crippen LogP contribution in [0.5, 0.6) is 5.75 Å². The standard InChI is InChI=1S/C23H20ClN3O4S/c1-31-21-8-5-19(24)12-18(21)15-32(29,30)20-6-3-17(4-7-20)23(28)26-13-16-2-9-22-25-10-11-27(22)14-16/h2-12,14H,13,15H2,1H3,(H,26,28). The number of nitrogens with one attached hydrogen (secondary N) is 1. The van der Waals surface area contributed by atoms with Crippen molar-refractivity contribution in [2.45, 2.75) is 17.2 Å². The fourth-order valence-corrected chi connectivity index (χ4v) is 4.86. The summed E-state index contributed by atoms with van der Waals surface area (Å²) in [4.78, 5) is 16.8. The Morgan fingerprint density at radius 1 is 1.12 bits per heavy atom. The van der Waals surface area contributed by atoms with Crippen molar-refractivity contribution in [2.75, 3.05) is 7.11 Å². The molecule has 0 atom stereocenters. The Bertz CT molecular complexity index is 1380. The summed E-state index contributed by atoms with van der Waals surface area (Å²) in [7, 11) is -2.18. The maximum atomic E-state index is 12.9. The van der Waals surface area contributed by atoms with Gasteiger partial charge in [0.05, 0.1) is 17.8 Å². The quantitative estimate of drug-likeness (QED) is 0.443. The lowest BCUT2D eigenvalue weighted by molar-refractivity contribution is 0.0950. The minimum absolute atomic E-state index is 0.113. The maximum absolute atomic E-state index is 12.9. The molecule has 4 aromatic rings. The number of pyridine rings is 1. The molecule has 0 saturated heterocycles. The number of imidazole rings is 1. The number of amides is 1. The van der Waals surface area contributed by atoms with Crippen molar-refractivity contribution >= 4 is 33.0 Å². The van der Waals surface area contributed by atoms with Crippen LogP contribution in [-0.4, -0.2) is 30.8 Å². The summed E-state index contributed by atoms with van der Waals surface area (Å²) < 4.78 is 32.8. The van der Waals surface area contributed by atoms with E-state index < -0.39 is 9.84 Å². The van der Waals surface area contributed by atoms with Crippen LogP contribution in [0.15, 0.2) is 78.1 Å². The van der Waals surface area contributed by atoms with Crippen LogP contribution < -0.4 is 10.1 Å². The molecule has 2 aromatic heterocycles. The fraction of sp³-hybridized carbons (Fsp3) is 0.130. The number of hydrogen-bond donors (Lipinski definition) is 1. The number of sulfone groups is 1. The van der Waals surface area contributed by atoms with Gasteiger partial charge in [-0.3, -0.25) is 4.79 Å². The van der Waals surface area contributed by atoms with Crippen LogP contribution in [0.1, 0.15) is 21.5 Å². The van der Waals surface area contributed by atoms with E-state index in [1.54, 1.807) is 24.4 Å². The van der Waals surface area contributed by atoms with Gasteiger partial charge >= 0.3 is 0 Å². The maximum Gasteiger partial charge on any atom is 0.251 e. The number of aromatic nitrogens is 2. The molecule has 2 heterocycles. The zero-order chi connectivity index (χ0) is 22.7. The monoisotopic (exact) mass is 469 g/mol. The molecule has 0 bridgehead atoms. The van der Waals surface area contributed by atoms with Gasteiger partial charge in [0.1, 0.15) is 11.4 Å². The van der Waals surface area contributed by atoms with Crippen LogP contribution >= 0.6 is 11.6 Å². The molecule has 0 aliphatic rings. The number of halogens is 1. The van der Waals surface area contributed by atoms with E-state index in [0.717, 1.165) is 11.2 Å². The Labute approximate surface area is 190 Å². The third kappa shape index (κ3) is 4.76. The topological polar surface area (TPSA) is 89.8 Å². The number of methoxy groups -OCH3 is 1. The van der Waals surface area contributed by atoms with Crippen molar-refractivity contribution in [3.63, 3.8) is 0 Å². The molecule has 2 aromatic carbocycles. The van der Waals surface area contributed by atoms with E-state index in [1.807, 2.05) is 28.9 Å². The van der Waals surface area contributed by atoms with Crippen molar-refractivity contribution in [1.29, 1.82) is 0 Å². The van der Waals surface area contributed by atoms with Gasteiger partial charge in [0.25, 0.3) is 5.91 Å². The predicted molar refractivity (Wildman–Crippen MR) is 122 cm³/mol. The van der Waals surface area contributed by atoms with Crippen molar-refractivity contribution in [3.8, 4) is 5.75 Å². The van der Waals surface area contributed by atoms with Gasteiger partial charge in [-0.1, -0.05) is 17.7 Å². The number of rotatable bonds is 7. The summed E-state index contributed by atoms with van der Waals surface area (Å²) in [5, 5.41) is 3.26. The first-order valence-corrected chi connectivity index (χ1v) is 11.7. The normalized spacial score (nSPS) is 11.4. The van der Waals surface area contributed by atoms with Gasteiger partial charge in [-0.2, -0.15) is 0 Å². The zero-order valence-corrected chi connectivity index (χ0v) is 18.7. The number of benzene rings is 2. The molecule has 0 saturated carbocycles. The Morgan fingerprint density at radius 3 is 2.66 bits per heavy atom. The molecule has 0 fully saturated rings. The molecule has 0 spiro atoms. The molecular formula is C23H20ClN3O4S. The highest BCUT2D eigenvalue weighted by atomic mass is 35.5. The number of ether oxygens (including phenoxy) is 1. The van der Waals surface area contributed by atoms with Gasteiger partial charge in [-0.15, -0.1) is 0 Å². The van der Waals surface area contributed by atoms with Gasteiger partial charge in [0.2, 0.25) is 0 Å². The molecule has 1 N–H and O–H groups in total. The van der Waals surface area contributed by atoms with Gasteiger partial charge in [-0.05, 0) is 54.1 Å². The van der Waals surface area contributed by atoms with E-state index in [2.05, 4.69) is 10.3 Å². The second kappa shape index (κ2) is 9.02. The average molecular weight is 470 g/mol. The molecule has 4 rings (SSSR count). The number of nitrogens with zero attached hydrogens (tertiary/aromatic N) is 2. The van der Waals surface area contributed by atoms with Crippen LogP contribution in [-0.2, 0) is 22.1 Å². The van der Waals surface area contributed by atoms with Gasteiger partial charge < -0.3 is 14.5 Å². The Balaban J connectivity index is 1.44. The number of hydrogen-bond acceptors (Lipinski definition) is 5. The van der Waals surface area contributed by atoms with Crippen LogP contribution in [0.25, 0.3) is 5.65 Å². The lowest BCUT2D eigenvalue weighted by Crippen LogP contribution is -2.23. The lowest BCUT2D eigenvalue weighted by Gasteiger charge is -2.11. The summed E-state index contributed by atoms with van der Waals surface area (Å²) in [6, 6.07) is 14.5. The zero-order valence-electron chi connectivity index (χ0n) is 17.2. The molecule has 1 amide bonds. The van der Waals surface area contributed by atoms with Crippen LogP contribution in [0.4, 0.5) is 0 Å². The van der Waals surface area contributed by atoms with E-state index in [0.29, 0.717) is 28.4 Å². The first-order chi connectivity index (χ1) is 15.4. The summed E-state index contributed by atoms with van der Waals surface area (Å²) in [6.07, 6.45) is 5.43. The van der Waals surface area contributed by atoms with Crippen molar-refractivity contribution in [2.24, 2.45) is 0 Å². The van der Waals surface area contributed by atoms with Crippen LogP contribution in [0, 0.1) is 0 Å². The second-order valence-corrected chi connectivity index (χ2v) is 9.58. The Morgan fingerprint density at radius 2 is 1.91 bits per heavy atom. The van der Waals surface area contributed by atoms with Crippen molar-refractivity contribution < 1.29 is 17.9 Å². The molecule has 0 aliphatic carbocycles. The third-order valence-electron chi connectivity index (χ3n) is 4.97. The fourth-order valence-electron chi connectivity index (χ4n) is 3.32. The highest BCUT2D eigenvalue weighted by Crippen LogP contribution is 2.27. The number of carbonyl (C=O) groups excluding carboxylic acids is 1. The van der Waals surface area contributed by atoms with Gasteiger partial charge in [0, 0.05) is 41.3 Å². The predicted octanol–water partition coefficient (Wildman–Crippen LogP) is 3.90. The average Bonchev–Trinajstić information content (AvgIpc) is 3.25.